The number of anilines is 1. The Hall–Kier alpha value is -1.56. The van der Waals surface area contributed by atoms with Crippen LogP contribution in [0.15, 0.2) is 6.07 Å². The monoisotopic (exact) mass is 243 g/mol. The highest BCUT2D eigenvalue weighted by Gasteiger charge is 2.22. The average Bonchev–Trinajstić information content (AvgIpc) is 2.81. The second-order valence-electron chi connectivity index (χ2n) is 5.36. The lowest BCUT2D eigenvalue weighted by Gasteiger charge is -2.22. The van der Waals surface area contributed by atoms with Crippen molar-refractivity contribution >= 4 is 5.69 Å². The Kier molecular flexibility index (Phi) is 3.86. The molecule has 0 amide bonds. The molecule has 1 unspecified atom stereocenters. The van der Waals surface area contributed by atoms with Crippen LogP contribution in [-0.4, -0.2) is 11.0 Å². The predicted molar refractivity (Wildman–Crippen MR) is 73.5 cm³/mol. The van der Waals surface area contributed by atoms with E-state index >= 15 is 0 Å². The quantitative estimate of drug-likeness (QED) is 0.883. The Morgan fingerprint density at radius 3 is 2.67 bits per heavy atom. The lowest BCUT2D eigenvalue weighted by molar-refractivity contribution is 0.482. The van der Waals surface area contributed by atoms with Crippen LogP contribution in [0.2, 0.25) is 0 Å². The van der Waals surface area contributed by atoms with Gasteiger partial charge in [0.15, 0.2) is 0 Å². The van der Waals surface area contributed by atoms with Gasteiger partial charge in [0.05, 0.1) is 16.9 Å². The Balaban J connectivity index is 2.20. The lowest BCUT2D eigenvalue weighted by Crippen LogP contribution is -2.24. The molecule has 0 radical (unpaired) electrons. The topological polar surface area (TPSA) is 48.7 Å². The fraction of sp³-hybridized carbons (Fsp3) is 0.600. The third kappa shape index (κ3) is 2.64. The normalized spacial score (nSPS) is 17.4. The number of hydrogen-bond donors (Lipinski definition) is 1. The van der Waals surface area contributed by atoms with Gasteiger partial charge in [-0.15, -0.1) is 0 Å². The molecule has 1 aliphatic rings. The van der Waals surface area contributed by atoms with Crippen molar-refractivity contribution in [2.45, 2.75) is 52.5 Å². The summed E-state index contributed by atoms with van der Waals surface area (Å²) in [5.41, 5.74) is 3.42. The smallest absolute Gasteiger partial charge is 0.103 e. The molecule has 0 spiro atoms. The number of nitrogens with zero attached hydrogens (tertiary/aromatic N) is 2. The fourth-order valence-electron chi connectivity index (χ4n) is 2.90. The SMILES string of the molecule is Cc1cc(NC(C)C2CCCC2)c(C#N)c(C)n1. The number of nitriles is 1. The maximum atomic E-state index is 9.24. The molecule has 2 rings (SSSR count). The molecule has 3 heteroatoms. The maximum Gasteiger partial charge on any atom is 0.103 e. The first-order valence-corrected chi connectivity index (χ1v) is 6.76. The predicted octanol–water partition coefficient (Wildman–Crippen LogP) is 3.56. The molecule has 1 N–H and O–H groups in total. The zero-order valence-corrected chi connectivity index (χ0v) is 11.5. The van der Waals surface area contributed by atoms with E-state index in [1.807, 2.05) is 19.9 Å². The third-order valence-corrected chi connectivity index (χ3v) is 3.93. The second kappa shape index (κ2) is 5.39. The Morgan fingerprint density at radius 2 is 2.06 bits per heavy atom. The molecule has 0 aromatic carbocycles. The van der Waals surface area contributed by atoms with Crippen LogP contribution in [0.3, 0.4) is 0 Å². The Morgan fingerprint density at radius 1 is 1.39 bits per heavy atom. The second-order valence-corrected chi connectivity index (χ2v) is 5.36. The van der Waals surface area contributed by atoms with Gasteiger partial charge in [-0.05, 0) is 45.6 Å². The van der Waals surface area contributed by atoms with Crippen molar-refractivity contribution in [1.29, 1.82) is 5.26 Å². The van der Waals surface area contributed by atoms with E-state index in [0.29, 0.717) is 11.6 Å². The molecule has 1 aliphatic carbocycles. The van der Waals surface area contributed by atoms with Crippen LogP contribution in [0.4, 0.5) is 5.69 Å². The van der Waals surface area contributed by atoms with E-state index in [9.17, 15) is 5.26 Å². The summed E-state index contributed by atoms with van der Waals surface area (Å²) in [5, 5.41) is 12.8. The largest absolute Gasteiger partial charge is 0.381 e. The molecular formula is C15H21N3. The van der Waals surface area contributed by atoms with Gasteiger partial charge in [0, 0.05) is 11.7 Å². The van der Waals surface area contributed by atoms with E-state index in [1.54, 1.807) is 0 Å². The summed E-state index contributed by atoms with van der Waals surface area (Å²) in [6.45, 7) is 6.10. The van der Waals surface area contributed by atoms with Crippen molar-refractivity contribution in [1.82, 2.24) is 4.98 Å². The molecule has 0 bridgehead atoms. The minimum absolute atomic E-state index is 0.431. The van der Waals surface area contributed by atoms with Gasteiger partial charge >= 0.3 is 0 Å². The summed E-state index contributed by atoms with van der Waals surface area (Å²) in [4.78, 5) is 4.35. The highest BCUT2D eigenvalue weighted by Crippen LogP contribution is 2.30. The lowest BCUT2D eigenvalue weighted by atomic mass is 9.99. The molecule has 1 saturated carbocycles. The van der Waals surface area contributed by atoms with Gasteiger partial charge in [-0.3, -0.25) is 4.98 Å². The van der Waals surface area contributed by atoms with Crippen LogP contribution >= 0.6 is 0 Å². The summed E-state index contributed by atoms with van der Waals surface area (Å²) in [6, 6.07) is 4.68. The first-order chi connectivity index (χ1) is 8.61. The van der Waals surface area contributed by atoms with Crippen LogP contribution in [0.1, 0.15) is 49.6 Å². The first-order valence-electron chi connectivity index (χ1n) is 6.76. The van der Waals surface area contributed by atoms with Crippen LogP contribution in [0, 0.1) is 31.1 Å². The molecular weight excluding hydrogens is 222 g/mol. The van der Waals surface area contributed by atoms with Gasteiger partial charge < -0.3 is 5.32 Å². The molecule has 1 aromatic rings. The number of aromatic nitrogens is 1. The number of hydrogen-bond acceptors (Lipinski definition) is 3. The van der Waals surface area contributed by atoms with Crippen molar-refractivity contribution in [2.75, 3.05) is 5.32 Å². The third-order valence-electron chi connectivity index (χ3n) is 3.93. The van der Waals surface area contributed by atoms with Gasteiger partial charge in [0.2, 0.25) is 0 Å². The van der Waals surface area contributed by atoms with Crippen molar-refractivity contribution in [3.63, 3.8) is 0 Å². The zero-order chi connectivity index (χ0) is 13.1. The molecule has 18 heavy (non-hydrogen) atoms. The van der Waals surface area contributed by atoms with Crippen LogP contribution in [-0.2, 0) is 0 Å². The summed E-state index contributed by atoms with van der Waals surface area (Å²) in [6.07, 6.45) is 5.30. The van der Waals surface area contributed by atoms with Gasteiger partial charge in [0.1, 0.15) is 6.07 Å². The van der Waals surface area contributed by atoms with Crippen LogP contribution in [0.5, 0.6) is 0 Å². The summed E-state index contributed by atoms with van der Waals surface area (Å²) in [7, 11) is 0. The summed E-state index contributed by atoms with van der Waals surface area (Å²) >= 11 is 0. The molecule has 1 aromatic heterocycles. The number of aryl methyl sites for hydroxylation is 2. The molecule has 96 valence electrons. The molecule has 1 heterocycles. The van der Waals surface area contributed by atoms with Gasteiger partial charge in [-0.25, -0.2) is 0 Å². The van der Waals surface area contributed by atoms with E-state index in [0.717, 1.165) is 23.0 Å². The molecule has 0 saturated heterocycles. The Bertz CT molecular complexity index is 467. The first kappa shape index (κ1) is 12.9. The van der Waals surface area contributed by atoms with Gasteiger partial charge in [-0.2, -0.15) is 5.26 Å². The zero-order valence-electron chi connectivity index (χ0n) is 11.5. The van der Waals surface area contributed by atoms with E-state index in [2.05, 4.69) is 23.3 Å². The number of pyridine rings is 1. The molecule has 1 fully saturated rings. The van der Waals surface area contributed by atoms with Crippen LogP contribution < -0.4 is 5.32 Å². The minimum Gasteiger partial charge on any atom is -0.381 e. The molecule has 3 nitrogen and oxygen atoms in total. The maximum absolute atomic E-state index is 9.24. The van der Waals surface area contributed by atoms with E-state index < -0.39 is 0 Å². The molecule has 1 atom stereocenters. The summed E-state index contributed by atoms with van der Waals surface area (Å²) in [5.74, 6) is 0.741. The standard InChI is InChI=1S/C15H21N3/c1-10-8-15(14(9-16)12(3)17-10)18-11(2)13-6-4-5-7-13/h8,11,13H,4-7H2,1-3H3,(H,17,18). The van der Waals surface area contributed by atoms with Crippen LogP contribution in [0.25, 0.3) is 0 Å². The van der Waals surface area contributed by atoms with E-state index in [-0.39, 0.29) is 0 Å². The van der Waals surface area contributed by atoms with Crippen molar-refractivity contribution < 1.29 is 0 Å². The fourth-order valence-corrected chi connectivity index (χ4v) is 2.90. The average molecular weight is 243 g/mol. The number of rotatable bonds is 3. The van der Waals surface area contributed by atoms with E-state index in [1.165, 1.54) is 25.7 Å². The number of nitrogens with one attached hydrogen (secondary N) is 1. The summed E-state index contributed by atoms with van der Waals surface area (Å²) < 4.78 is 0. The minimum atomic E-state index is 0.431. The van der Waals surface area contributed by atoms with Gasteiger partial charge in [0.25, 0.3) is 0 Å². The van der Waals surface area contributed by atoms with Crippen molar-refractivity contribution in [3.05, 3.63) is 23.0 Å². The highest BCUT2D eigenvalue weighted by atomic mass is 14.9. The highest BCUT2D eigenvalue weighted by molar-refractivity contribution is 5.60. The Labute approximate surface area is 109 Å². The van der Waals surface area contributed by atoms with Crippen molar-refractivity contribution in [3.8, 4) is 6.07 Å². The molecule has 0 aliphatic heterocycles. The van der Waals surface area contributed by atoms with E-state index in [4.69, 9.17) is 0 Å². The van der Waals surface area contributed by atoms with Crippen molar-refractivity contribution in [2.24, 2.45) is 5.92 Å². The van der Waals surface area contributed by atoms with Gasteiger partial charge in [-0.1, -0.05) is 12.8 Å².